The molecule has 1 aromatic heterocycles. The number of hydrogen-bond acceptors (Lipinski definition) is 4. The number of aromatic amines is 1. The summed E-state index contributed by atoms with van der Waals surface area (Å²) >= 11 is 3.47. The molecule has 1 aliphatic heterocycles. The van der Waals surface area contributed by atoms with Gasteiger partial charge in [0.2, 0.25) is 5.91 Å². The van der Waals surface area contributed by atoms with E-state index in [-0.39, 0.29) is 23.7 Å². The second-order valence-corrected chi connectivity index (χ2v) is 7.88. The van der Waals surface area contributed by atoms with Crippen molar-refractivity contribution >= 4 is 39.1 Å². The molecular formula is C19H24BrN5O2. The summed E-state index contributed by atoms with van der Waals surface area (Å²) in [5.41, 5.74) is 8.30. The number of nitrogens with zero attached hydrogens (tertiary/aromatic N) is 2. The normalized spacial score (nSPS) is 15.2. The molecule has 0 bridgehead atoms. The number of amides is 2. The molecule has 0 aliphatic carbocycles. The van der Waals surface area contributed by atoms with Crippen LogP contribution in [0.15, 0.2) is 28.7 Å². The van der Waals surface area contributed by atoms with Crippen LogP contribution in [-0.4, -0.2) is 35.1 Å². The summed E-state index contributed by atoms with van der Waals surface area (Å²) in [4.78, 5) is 26.3. The summed E-state index contributed by atoms with van der Waals surface area (Å²) in [6.45, 7) is 5.52. The monoisotopic (exact) mass is 433 g/mol. The smallest absolute Gasteiger partial charge is 0.277 e. The number of carbonyl (C=O) groups excluding carboxylic acids is 2. The Labute approximate surface area is 166 Å². The van der Waals surface area contributed by atoms with Crippen LogP contribution in [0.3, 0.4) is 0 Å². The van der Waals surface area contributed by atoms with Crippen LogP contribution in [-0.2, 0) is 4.79 Å². The predicted molar refractivity (Wildman–Crippen MR) is 109 cm³/mol. The van der Waals surface area contributed by atoms with Gasteiger partial charge in [0.05, 0.1) is 21.5 Å². The van der Waals surface area contributed by atoms with Crippen molar-refractivity contribution in [2.24, 2.45) is 11.7 Å². The number of para-hydroxylation sites is 2. The molecule has 0 unspecified atom stereocenters. The Hall–Kier alpha value is -2.35. The first-order valence-electron chi connectivity index (χ1n) is 9.07. The van der Waals surface area contributed by atoms with Gasteiger partial charge < -0.3 is 16.0 Å². The van der Waals surface area contributed by atoms with Crippen molar-refractivity contribution in [3.8, 4) is 0 Å². The van der Waals surface area contributed by atoms with Crippen molar-refractivity contribution in [1.29, 1.82) is 0 Å². The van der Waals surface area contributed by atoms with Crippen LogP contribution >= 0.6 is 15.9 Å². The lowest BCUT2D eigenvalue weighted by atomic mass is 9.96. The van der Waals surface area contributed by atoms with Crippen LogP contribution in [0.2, 0.25) is 0 Å². The van der Waals surface area contributed by atoms with Gasteiger partial charge in [0.15, 0.2) is 5.69 Å². The van der Waals surface area contributed by atoms with Crippen LogP contribution < -0.4 is 16.0 Å². The number of nitrogens with one attached hydrogen (secondary N) is 2. The molecule has 8 heteroatoms. The predicted octanol–water partition coefficient (Wildman–Crippen LogP) is 3.25. The maximum absolute atomic E-state index is 12.7. The molecule has 0 atom stereocenters. The van der Waals surface area contributed by atoms with Crippen LogP contribution in [0.25, 0.3) is 0 Å². The van der Waals surface area contributed by atoms with Crippen molar-refractivity contribution in [3.63, 3.8) is 0 Å². The van der Waals surface area contributed by atoms with Gasteiger partial charge in [-0.25, -0.2) is 0 Å². The third-order valence-electron chi connectivity index (χ3n) is 4.92. The molecular weight excluding hydrogens is 410 g/mol. The van der Waals surface area contributed by atoms with E-state index in [0.29, 0.717) is 10.2 Å². The molecule has 2 amide bonds. The van der Waals surface area contributed by atoms with Crippen LogP contribution in [0, 0.1) is 5.92 Å². The standard InChI is InChI=1S/C19H24BrN5O2/c1-11(2)16-15(20)17(24-23-16)19(27)22-13-5-3-4-6-14(13)25-9-7-12(8-10-25)18(21)26/h3-6,11-12H,7-10H2,1-2H3,(H2,21,26)(H,22,27)(H,23,24). The summed E-state index contributed by atoms with van der Waals surface area (Å²) in [7, 11) is 0. The van der Waals surface area contributed by atoms with Crippen molar-refractivity contribution in [3.05, 3.63) is 40.1 Å². The Kier molecular flexibility index (Phi) is 5.84. The lowest BCUT2D eigenvalue weighted by Crippen LogP contribution is -2.38. The Morgan fingerprint density at radius 2 is 1.96 bits per heavy atom. The molecule has 1 aliphatic rings. The number of halogens is 1. The van der Waals surface area contributed by atoms with E-state index in [4.69, 9.17) is 5.73 Å². The fourth-order valence-electron chi connectivity index (χ4n) is 3.32. The number of rotatable bonds is 5. The molecule has 1 aromatic carbocycles. The first kappa shape index (κ1) is 19.4. The summed E-state index contributed by atoms with van der Waals surface area (Å²) < 4.78 is 0.690. The van der Waals surface area contributed by atoms with Gasteiger partial charge >= 0.3 is 0 Å². The minimum Gasteiger partial charge on any atom is -0.370 e. The number of nitrogens with two attached hydrogens (primary N) is 1. The van der Waals surface area contributed by atoms with Crippen molar-refractivity contribution in [2.45, 2.75) is 32.6 Å². The molecule has 2 heterocycles. The maximum Gasteiger partial charge on any atom is 0.277 e. The number of piperidine rings is 1. The second kappa shape index (κ2) is 8.12. The summed E-state index contributed by atoms with van der Waals surface area (Å²) in [5.74, 6) is -0.352. The van der Waals surface area contributed by atoms with Gasteiger partial charge in [-0.3, -0.25) is 14.7 Å². The fourth-order valence-corrected chi connectivity index (χ4v) is 4.13. The van der Waals surface area contributed by atoms with E-state index >= 15 is 0 Å². The lowest BCUT2D eigenvalue weighted by molar-refractivity contribution is -0.122. The van der Waals surface area contributed by atoms with Gasteiger partial charge in [0.1, 0.15) is 0 Å². The number of primary amides is 1. The zero-order valence-corrected chi connectivity index (χ0v) is 17.0. The van der Waals surface area contributed by atoms with Crippen LogP contribution in [0.4, 0.5) is 11.4 Å². The minimum absolute atomic E-state index is 0.0718. The summed E-state index contributed by atoms with van der Waals surface area (Å²) in [6, 6.07) is 7.66. The molecule has 4 N–H and O–H groups in total. The molecule has 27 heavy (non-hydrogen) atoms. The van der Waals surface area contributed by atoms with Gasteiger partial charge in [-0.15, -0.1) is 0 Å². The SMILES string of the molecule is CC(C)c1[nH]nc(C(=O)Nc2ccccc2N2CCC(C(N)=O)CC2)c1Br. The summed E-state index contributed by atoms with van der Waals surface area (Å²) in [5, 5.41) is 10.0. The number of carbonyl (C=O) groups is 2. The first-order valence-corrected chi connectivity index (χ1v) is 9.86. The highest BCUT2D eigenvalue weighted by Gasteiger charge is 2.25. The number of aromatic nitrogens is 2. The Morgan fingerprint density at radius 1 is 1.30 bits per heavy atom. The summed E-state index contributed by atoms with van der Waals surface area (Å²) in [6.07, 6.45) is 1.44. The zero-order valence-electron chi connectivity index (χ0n) is 15.5. The highest BCUT2D eigenvalue weighted by atomic mass is 79.9. The van der Waals surface area contributed by atoms with Gasteiger partial charge in [0, 0.05) is 19.0 Å². The highest BCUT2D eigenvalue weighted by molar-refractivity contribution is 9.10. The number of H-pyrrole nitrogens is 1. The number of hydrogen-bond donors (Lipinski definition) is 3. The molecule has 3 rings (SSSR count). The average Bonchev–Trinajstić information content (AvgIpc) is 3.04. The maximum atomic E-state index is 12.7. The third kappa shape index (κ3) is 4.16. The van der Waals surface area contributed by atoms with E-state index in [1.54, 1.807) is 0 Å². The van der Waals surface area contributed by atoms with Gasteiger partial charge in [-0.05, 0) is 46.8 Å². The molecule has 7 nitrogen and oxygen atoms in total. The number of benzene rings is 1. The van der Waals surface area contributed by atoms with E-state index in [1.807, 2.05) is 38.1 Å². The highest BCUT2D eigenvalue weighted by Crippen LogP contribution is 2.31. The van der Waals surface area contributed by atoms with Gasteiger partial charge in [-0.1, -0.05) is 26.0 Å². The van der Waals surface area contributed by atoms with E-state index < -0.39 is 0 Å². The molecule has 2 aromatic rings. The van der Waals surface area contributed by atoms with E-state index in [0.717, 1.165) is 43.0 Å². The quantitative estimate of drug-likeness (QED) is 0.672. The Morgan fingerprint density at radius 3 is 2.56 bits per heavy atom. The zero-order chi connectivity index (χ0) is 19.6. The van der Waals surface area contributed by atoms with Crippen molar-refractivity contribution in [2.75, 3.05) is 23.3 Å². The van der Waals surface area contributed by atoms with E-state index in [9.17, 15) is 9.59 Å². The Balaban J connectivity index is 1.77. The van der Waals surface area contributed by atoms with E-state index in [1.165, 1.54) is 0 Å². The first-order chi connectivity index (χ1) is 12.9. The largest absolute Gasteiger partial charge is 0.370 e. The van der Waals surface area contributed by atoms with Crippen molar-refractivity contribution in [1.82, 2.24) is 10.2 Å². The Bertz CT molecular complexity index is 840. The molecule has 0 spiro atoms. The van der Waals surface area contributed by atoms with Crippen molar-refractivity contribution < 1.29 is 9.59 Å². The molecule has 0 radical (unpaired) electrons. The molecule has 1 saturated heterocycles. The average molecular weight is 434 g/mol. The topological polar surface area (TPSA) is 104 Å². The fraction of sp³-hybridized carbons (Fsp3) is 0.421. The second-order valence-electron chi connectivity index (χ2n) is 7.09. The molecule has 0 saturated carbocycles. The van der Waals surface area contributed by atoms with Gasteiger partial charge in [0.25, 0.3) is 5.91 Å². The minimum atomic E-state index is -0.274. The third-order valence-corrected chi connectivity index (χ3v) is 5.72. The van der Waals surface area contributed by atoms with Gasteiger partial charge in [-0.2, -0.15) is 5.10 Å². The van der Waals surface area contributed by atoms with Crippen LogP contribution in [0.5, 0.6) is 0 Å². The number of anilines is 2. The van der Waals surface area contributed by atoms with Crippen LogP contribution in [0.1, 0.15) is 48.8 Å². The molecule has 1 fully saturated rings. The molecule has 144 valence electrons. The van der Waals surface area contributed by atoms with E-state index in [2.05, 4.69) is 36.3 Å². The lowest BCUT2D eigenvalue weighted by Gasteiger charge is -2.33.